The summed E-state index contributed by atoms with van der Waals surface area (Å²) < 4.78 is 62.9. The van der Waals surface area contributed by atoms with E-state index in [1.807, 2.05) is 5.32 Å². The van der Waals surface area contributed by atoms with E-state index in [1.165, 1.54) is 0 Å². The van der Waals surface area contributed by atoms with Gasteiger partial charge in [0.2, 0.25) is 5.91 Å². The summed E-state index contributed by atoms with van der Waals surface area (Å²) in [6.45, 7) is -3.00. The highest BCUT2D eigenvalue weighted by Gasteiger charge is 2.57. The van der Waals surface area contributed by atoms with Crippen LogP contribution in [0.25, 0.3) is 0 Å². The van der Waals surface area contributed by atoms with E-state index in [1.54, 1.807) is 0 Å². The largest absolute Gasteiger partial charge is 0.455 e. The SMILES string of the molecule is NCC(=O)NCOCC(F)(F)C(F)(F)F. The van der Waals surface area contributed by atoms with Gasteiger partial charge >= 0.3 is 12.1 Å². The van der Waals surface area contributed by atoms with E-state index in [9.17, 15) is 26.7 Å². The van der Waals surface area contributed by atoms with E-state index in [0.29, 0.717) is 0 Å². The fourth-order valence-corrected chi connectivity index (χ4v) is 0.465. The molecule has 15 heavy (non-hydrogen) atoms. The van der Waals surface area contributed by atoms with Gasteiger partial charge in [-0.25, -0.2) is 0 Å². The summed E-state index contributed by atoms with van der Waals surface area (Å²) in [6, 6.07) is 0. The van der Waals surface area contributed by atoms with E-state index in [2.05, 4.69) is 4.74 Å². The Bertz CT molecular complexity index is 218. The molecule has 0 fully saturated rings. The third-order valence-electron chi connectivity index (χ3n) is 1.25. The summed E-state index contributed by atoms with van der Waals surface area (Å²) in [7, 11) is 0. The van der Waals surface area contributed by atoms with Crippen molar-refractivity contribution >= 4 is 5.91 Å². The van der Waals surface area contributed by atoms with Gasteiger partial charge in [0, 0.05) is 0 Å². The second-order valence-electron chi connectivity index (χ2n) is 2.50. The van der Waals surface area contributed by atoms with Crippen molar-refractivity contribution in [3.63, 3.8) is 0 Å². The molecule has 0 saturated carbocycles. The molecule has 0 aromatic heterocycles. The number of carbonyl (C=O) groups excluding carboxylic acids is 1. The van der Waals surface area contributed by atoms with Crippen LogP contribution in [-0.4, -0.2) is 37.9 Å². The fraction of sp³-hybridized carbons (Fsp3) is 0.833. The van der Waals surface area contributed by atoms with Crippen molar-refractivity contribution in [3.05, 3.63) is 0 Å². The van der Waals surface area contributed by atoms with Crippen LogP contribution in [-0.2, 0) is 9.53 Å². The molecule has 0 unspecified atom stereocenters. The molecule has 0 atom stereocenters. The predicted octanol–water partition coefficient (Wildman–Crippen LogP) is 0.233. The van der Waals surface area contributed by atoms with E-state index in [4.69, 9.17) is 5.73 Å². The number of hydrogen-bond acceptors (Lipinski definition) is 3. The van der Waals surface area contributed by atoms with Crippen LogP contribution in [0.15, 0.2) is 0 Å². The first kappa shape index (κ1) is 14.0. The normalized spacial score (nSPS) is 12.7. The molecular weight excluding hydrogens is 227 g/mol. The molecule has 0 aromatic rings. The van der Waals surface area contributed by atoms with E-state index in [-0.39, 0.29) is 0 Å². The Morgan fingerprint density at radius 3 is 2.20 bits per heavy atom. The average Bonchev–Trinajstić information content (AvgIpc) is 2.10. The Kier molecular flexibility index (Phi) is 4.88. The minimum atomic E-state index is -5.66. The zero-order chi connectivity index (χ0) is 12.1. The lowest BCUT2D eigenvalue weighted by Gasteiger charge is -2.19. The molecule has 0 radical (unpaired) electrons. The van der Waals surface area contributed by atoms with Crippen LogP contribution >= 0.6 is 0 Å². The summed E-state index contributed by atoms with van der Waals surface area (Å²) >= 11 is 0. The summed E-state index contributed by atoms with van der Waals surface area (Å²) in [5.41, 5.74) is 4.81. The van der Waals surface area contributed by atoms with Crippen molar-refractivity contribution in [2.24, 2.45) is 5.73 Å². The van der Waals surface area contributed by atoms with Crippen LogP contribution in [0.5, 0.6) is 0 Å². The number of nitrogens with one attached hydrogen (secondary N) is 1. The third kappa shape index (κ3) is 4.88. The van der Waals surface area contributed by atoms with Gasteiger partial charge in [-0.2, -0.15) is 22.0 Å². The van der Waals surface area contributed by atoms with Gasteiger partial charge < -0.3 is 15.8 Å². The third-order valence-corrected chi connectivity index (χ3v) is 1.25. The standard InChI is InChI=1S/C6H9F5N2O2/c7-5(8,6(9,10)11)2-15-3-13-4(14)1-12/h1-3,12H2,(H,13,14). The molecule has 0 heterocycles. The number of rotatable bonds is 5. The van der Waals surface area contributed by atoms with Crippen molar-refractivity contribution in [1.29, 1.82) is 0 Å². The van der Waals surface area contributed by atoms with E-state index < -0.39 is 37.9 Å². The molecule has 1 amide bonds. The highest BCUT2D eigenvalue weighted by molar-refractivity contribution is 5.77. The highest BCUT2D eigenvalue weighted by atomic mass is 19.4. The zero-order valence-electron chi connectivity index (χ0n) is 7.40. The van der Waals surface area contributed by atoms with Crippen molar-refractivity contribution in [2.45, 2.75) is 12.1 Å². The maximum atomic E-state index is 12.1. The van der Waals surface area contributed by atoms with Crippen molar-refractivity contribution in [2.75, 3.05) is 19.9 Å². The van der Waals surface area contributed by atoms with Gasteiger partial charge in [0.25, 0.3) is 0 Å². The van der Waals surface area contributed by atoms with E-state index >= 15 is 0 Å². The average molecular weight is 236 g/mol. The van der Waals surface area contributed by atoms with Crippen LogP contribution < -0.4 is 11.1 Å². The van der Waals surface area contributed by atoms with Gasteiger partial charge in [0.15, 0.2) is 0 Å². The number of amides is 1. The summed E-state index contributed by atoms with van der Waals surface area (Å²) in [5.74, 6) is -5.65. The maximum absolute atomic E-state index is 12.1. The number of carbonyl (C=O) groups is 1. The Balaban J connectivity index is 3.82. The highest BCUT2D eigenvalue weighted by Crippen LogP contribution is 2.35. The second kappa shape index (κ2) is 5.21. The van der Waals surface area contributed by atoms with Gasteiger partial charge in [-0.3, -0.25) is 4.79 Å². The molecule has 0 aliphatic carbocycles. The van der Waals surface area contributed by atoms with Gasteiger partial charge in [0.05, 0.1) is 6.54 Å². The number of ether oxygens (including phenoxy) is 1. The summed E-state index contributed by atoms with van der Waals surface area (Å²) in [4.78, 5) is 10.4. The molecule has 0 aliphatic heterocycles. The van der Waals surface area contributed by atoms with Crippen LogP contribution in [0.3, 0.4) is 0 Å². The molecular formula is C6H9F5N2O2. The number of hydrogen-bond donors (Lipinski definition) is 2. The molecule has 0 rings (SSSR count). The maximum Gasteiger partial charge on any atom is 0.455 e. The minimum absolute atomic E-state index is 0.404. The van der Waals surface area contributed by atoms with Crippen LogP contribution in [0.2, 0.25) is 0 Å². The topological polar surface area (TPSA) is 64.4 Å². The molecule has 90 valence electrons. The zero-order valence-corrected chi connectivity index (χ0v) is 7.40. The van der Waals surface area contributed by atoms with Crippen molar-refractivity contribution in [1.82, 2.24) is 5.32 Å². The van der Waals surface area contributed by atoms with Gasteiger partial charge in [-0.1, -0.05) is 0 Å². The Hall–Kier alpha value is -0.960. The summed E-state index contributed by atoms with van der Waals surface area (Å²) in [5, 5.41) is 1.87. The summed E-state index contributed by atoms with van der Waals surface area (Å²) in [6.07, 6.45) is -5.66. The Labute approximate surface area is 81.6 Å². The Morgan fingerprint density at radius 1 is 1.27 bits per heavy atom. The van der Waals surface area contributed by atoms with Crippen molar-refractivity contribution in [3.8, 4) is 0 Å². The fourth-order valence-electron chi connectivity index (χ4n) is 0.465. The first-order chi connectivity index (χ1) is 6.70. The predicted molar refractivity (Wildman–Crippen MR) is 39.0 cm³/mol. The smallest absolute Gasteiger partial charge is 0.355 e. The van der Waals surface area contributed by atoms with Crippen molar-refractivity contribution < 1.29 is 31.5 Å². The number of alkyl halides is 5. The van der Waals surface area contributed by atoms with Gasteiger partial charge in [-0.15, -0.1) is 0 Å². The monoisotopic (exact) mass is 236 g/mol. The molecule has 9 heteroatoms. The molecule has 3 N–H and O–H groups in total. The van der Waals surface area contributed by atoms with Crippen LogP contribution in [0, 0.1) is 0 Å². The first-order valence-electron chi connectivity index (χ1n) is 3.70. The Morgan fingerprint density at radius 2 is 1.80 bits per heavy atom. The first-order valence-corrected chi connectivity index (χ1v) is 3.70. The number of nitrogens with two attached hydrogens (primary N) is 1. The second-order valence-corrected chi connectivity index (χ2v) is 2.50. The van der Waals surface area contributed by atoms with Crippen LogP contribution in [0.1, 0.15) is 0 Å². The van der Waals surface area contributed by atoms with Gasteiger partial charge in [0.1, 0.15) is 13.3 Å². The lowest BCUT2D eigenvalue weighted by molar-refractivity contribution is -0.297. The minimum Gasteiger partial charge on any atom is -0.355 e. The molecule has 0 aromatic carbocycles. The lowest BCUT2D eigenvalue weighted by atomic mass is 10.3. The van der Waals surface area contributed by atoms with Crippen LogP contribution in [0.4, 0.5) is 22.0 Å². The molecule has 0 bridgehead atoms. The molecule has 0 spiro atoms. The molecule has 4 nitrogen and oxygen atoms in total. The van der Waals surface area contributed by atoms with Gasteiger partial charge in [-0.05, 0) is 0 Å². The number of halogens is 5. The van der Waals surface area contributed by atoms with E-state index in [0.717, 1.165) is 0 Å². The quantitative estimate of drug-likeness (QED) is 0.408. The molecule has 0 aliphatic rings. The molecule has 0 saturated heterocycles. The lowest BCUT2D eigenvalue weighted by Crippen LogP contribution is -2.42.